The molecule has 0 fully saturated rings. The number of benzene rings is 1. The highest BCUT2D eigenvalue weighted by molar-refractivity contribution is 5.44. The summed E-state index contributed by atoms with van der Waals surface area (Å²) in [5, 5.41) is 0. The standard InChI is InChI=1S/C20H34O2/c1-8-16(6)17(7)21-12-13-22-20-18(14(2)3)10-9-11-19(20)15(4)5/h9-11,14-17H,8,12-13H2,1-7H3. The molecule has 0 N–H and O–H groups in total. The van der Waals surface area contributed by atoms with Gasteiger partial charge in [0, 0.05) is 0 Å². The van der Waals surface area contributed by atoms with Crippen LogP contribution in [0.4, 0.5) is 0 Å². The lowest BCUT2D eigenvalue weighted by Crippen LogP contribution is -2.21. The third kappa shape index (κ3) is 5.31. The summed E-state index contributed by atoms with van der Waals surface area (Å²) in [5.74, 6) is 2.59. The first-order valence-electron chi connectivity index (χ1n) is 8.75. The Labute approximate surface area is 137 Å². The molecule has 0 aliphatic carbocycles. The summed E-state index contributed by atoms with van der Waals surface area (Å²) < 4.78 is 12.0. The molecule has 0 heterocycles. The Kier molecular flexibility index (Phi) is 7.95. The molecule has 0 spiro atoms. The number of hydrogen-bond donors (Lipinski definition) is 0. The third-order valence-corrected chi connectivity index (χ3v) is 4.48. The zero-order chi connectivity index (χ0) is 16.7. The number of para-hydroxylation sites is 1. The second-order valence-electron chi connectivity index (χ2n) is 6.88. The van der Waals surface area contributed by atoms with Gasteiger partial charge in [0.25, 0.3) is 0 Å². The monoisotopic (exact) mass is 306 g/mol. The van der Waals surface area contributed by atoms with E-state index in [1.165, 1.54) is 11.1 Å². The second-order valence-corrected chi connectivity index (χ2v) is 6.88. The molecule has 0 radical (unpaired) electrons. The summed E-state index contributed by atoms with van der Waals surface area (Å²) in [5.41, 5.74) is 2.59. The first kappa shape index (κ1) is 19.0. The normalized spacial score (nSPS) is 14.4. The van der Waals surface area contributed by atoms with Crippen LogP contribution in [0.15, 0.2) is 18.2 Å². The Morgan fingerprint density at radius 1 is 0.864 bits per heavy atom. The summed E-state index contributed by atoms with van der Waals surface area (Å²) in [4.78, 5) is 0. The molecule has 0 aliphatic rings. The predicted octanol–water partition coefficient (Wildman–Crippen LogP) is 5.76. The zero-order valence-electron chi connectivity index (χ0n) is 15.5. The van der Waals surface area contributed by atoms with Gasteiger partial charge in [0.05, 0.1) is 12.7 Å². The molecule has 0 amide bonds. The van der Waals surface area contributed by atoms with Crippen molar-refractivity contribution >= 4 is 0 Å². The van der Waals surface area contributed by atoms with Crippen molar-refractivity contribution in [1.82, 2.24) is 0 Å². The first-order chi connectivity index (χ1) is 10.4. The van der Waals surface area contributed by atoms with Crippen molar-refractivity contribution < 1.29 is 9.47 Å². The van der Waals surface area contributed by atoms with E-state index in [4.69, 9.17) is 9.47 Å². The Bertz CT molecular complexity index is 411. The van der Waals surface area contributed by atoms with Gasteiger partial charge in [0.15, 0.2) is 0 Å². The molecule has 0 aliphatic heterocycles. The fraction of sp³-hybridized carbons (Fsp3) is 0.700. The van der Waals surface area contributed by atoms with E-state index in [2.05, 4.69) is 66.7 Å². The summed E-state index contributed by atoms with van der Waals surface area (Å²) in [7, 11) is 0. The van der Waals surface area contributed by atoms with Gasteiger partial charge in [0.2, 0.25) is 0 Å². The van der Waals surface area contributed by atoms with Crippen molar-refractivity contribution in [2.24, 2.45) is 5.92 Å². The Morgan fingerprint density at radius 2 is 1.41 bits per heavy atom. The minimum atomic E-state index is 0.290. The van der Waals surface area contributed by atoms with Crippen molar-refractivity contribution in [2.45, 2.75) is 72.8 Å². The molecule has 22 heavy (non-hydrogen) atoms. The van der Waals surface area contributed by atoms with E-state index >= 15 is 0 Å². The van der Waals surface area contributed by atoms with E-state index in [0.717, 1.165) is 12.2 Å². The van der Waals surface area contributed by atoms with E-state index in [1.807, 2.05) is 0 Å². The lowest BCUT2D eigenvalue weighted by atomic mass is 9.94. The largest absolute Gasteiger partial charge is 0.491 e. The molecule has 126 valence electrons. The average molecular weight is 306 g/mol. The van der Waals surface area contributed by atoms with Crippen LogP contribution in [-0.4, -0.2) is 19.3 Å². The second kappa shape index (κ2) is 9.19. The molecule has 2 atom stereocenters. The van der Waals surface area contributed by atoms with E-state index in [1.54, 1.807) is 0 Å². The molecule has 2 unspecified atom stereocenters. The maximum Gasteiger partial charge on any atom is 0.126 e. The van der Waals surface area contributed by atoms with Crippen LogP contribution in [0.2, 0.25) is 0 Å². The molecular weight excluding hydrogens is 272 g/mol. The van der Waals surface area contributed by atoms with E-state index in [9.17, 15) is 0 Å². The highest BCUT2D eigenvalue weighted by Gasteiger charge is 2.15. The Hall–Kier alpha value is -1.02. The van der Waals surface area contributed by atoms with Crippen LogP contribution in [0.25, 0.3) is 0 Å². The molecule has 1 rings (SSSR count). The molecule has 2 nitrogen and oxygen atoms in total. The van der Waals surface area contributed by atoms with Crippen LogP contribution in [0.5, 0.6) is 5.75 Å². The topological polar surface area (TPSA) is 18.5 Å². The maximum absolute atomic E-state index is 6.13. The van der Waals surface area contributed by atoms with Gasteiger partial charge < -0.3 is 9.47 Å². The molecule has 0 bridgehead atoms. The van der Waals surface area contributed by atoms with Gasteiger partial charge in [-0.2, -0.15) is 0 Å². The Morgan fingerprint density at radius 3 is 1.86 bits per heavy atom. The average Bonchev–Trinajstić information content (AvgIpc) is 2.49. The van der Waals surface area contributed by atoms with E-state index in [-0.39, 0.29) is 0 Å². The van der Waals surface area contributed by atoms with Crippen LogP contribution in [-0.2, 0) is 4.74 Å². The van der Waals surface area contributed by atoms with Crippen LogP contribution < -0.4 is 4.74 Å². The summed E-state index contributed by atoms with van der Waals surface area (Å²) >= 11 is 0. The van der Waals surface area contributed by atoms with Crippen LogP contribution in [0.1, 0.15) is 77.8 Å². The SMILES string of the molecule is CCC(C)C(C)OCCOc1c(C(C)C)cccc1C(C)C. The number of hydrogen-bond acceptors (Lipinski definition) is 2. The van der Waals surface area contributed by atoms with Gasteiger partial charge in [-0.25, -0.2) is 0 Å². The minimum absolute atomic E-state index is 0.290. The lowest BCUT2D eigenvalue weighted by molar-refractivity contribution is 0.0131. The minimum Gasteiger partial charge on any atom is -0.491 e. The highest BCUT2D eigenvalue weighted by Crippen LogP contribution is 2.34. The van der Waals surface area contributed by atoms with Crippen molar-refractivity contribution in [3.8, 4) is 5.75 Å². The molecular formula is C20H34O2. The molecule has 2 heteroatoms. The van der Waals surface area contributed by atoms with Crippen molar-refractivity contribution in [1.29, 1.82) is 0 Å². The summed E-state index contributed by atoms with van der Waals surface area (Å²) in [6, 6.07) is 6.49. The first-order valence-corrected chi connectivity index (χ1v) is 8.75. The molecule has 0 aromatic heterocycles. The predicted molar refractivity (Wildman–Crippen MR) is 95.0 cm³/mol. The smallest absolute Gasteiger partial charge is 0.126 e. The van der Waals surface area contributed by atoms with Gasteiger partial charge in [0.1, 0.15) is 12.4 Å². The fourth-order valence-electron chi connectivity index (χ4n) is 2.52. The Balaban J connectivity index is 2.68. The number of rotatable bonds is 9. The number of ether oxygens (including phenoxy) is 2. The lowest BCUT2D eigenvalue weighted by Gasteiger charge is -2.22. The molecule has 1 aromatic carbocycles. The van der Waals surface area contributed by atoms with E-state index < -0.39 is 0 Å². The maximum atomic E-state index is 6.13. The van der Waals surface area contributed by atoms with Gasteiger partial charge in [-0.15, -0.1) is 0 Å². The van der Waals surface area contributed by atoms with Crippen molar-refractivity contribution in [3.63, 3.8) is 0 Å². The molecule has 0 saturated heterocycles. The molecule has 1 aromatic rings. The molecule has 0 saturated carbocycles. The quantitative estimate of drug-likeness (QED) is 0.540. The fourth-order valence-corrected chi connectivity index (χ4v) is 2.52. The zero-order valence-corrected chi connectivity index (χ0v) is 15.5. The van der Waals surface area contributed by atoms with Crippen molar-refractivity contribution in [3.05, 3.63) is 29.3 Å². The van der Waals surface area contributed by atoms with Crippen LogP contribution in [0, 0.1) is 5.92 Å². The van der Waals surface area contributed by atoms with E-state index in [0.29, 0.717) is 37.1 Å². The van der Waals surface area contributed by atoms with Gasteiger partial charge in [-0.1, -0.05) is 66.2 Å². The van der Waals surface area contributed by atoms with Crippen LogP contribution >= 0.6 is 0 Å². The van der Waals surface area contributed by atoms with Gasteiger partial charge in [-0.3, -0.25) is 0 Å². The summed E-state index contributed by atoms with van der Waals surface area (Å²) in [6.07, 6.45) is 1.44. The van der Waals surface area contributed by atoms with Crippen molar-refractivity contribution in [2.75, 3.05) is 13.2 Å². The third-order valence-electron chi connectivity index (χ3n) is 4.48. The van der Waals surface area contributed by atoms with Gasteiger partial charge in [-0.05, 0) is 35.8 Å². The highest BCUT2D eigenvalue weighted by atomic mass is 16.5. The van der Waals surface area contributed by atoms with Gasteiger partial charge >= 0.3 is 0 Å². The van der Waals surface area contributed by atoms with Crippen LogP contribution in [0.3, 0.4) is 0 Å². The summed E-state index contributed by atoms with van der Waals surface area (Å²) in [6.45, 7) is 16.7.